The van der Waals surface area contributed by atoms with Gasteiger partial charge < -0.3 is 4.74 Å². The highest BCUT2D eigenvalue weighted by Crippen LogP contribution is 1.97. The van der Waals surface area contributed by atoms with Gasteiger partial charge >= 0.3 is 0 Å². The van der Waals surface area contributed by atoms with Gasteiger partial charge in [-0.1, -0.05) is 36.4 Å². The molecule has 0 aromatic heterocycles. The standard InChI is InChI=1S/C6H6.C5H8O/c2*1-2-4-6-5-3-1/h1-6H;2,4H,1,3,5H2. The molecule has 1 aliphatic heterocycles. The van der Waals surface area contributed by atoms with Gasteiger partial charge in [-0.2, -0.15) is 0 Å². The van der Waals surface area contributed by atoms with E-state index in [9.17, 15) is 0 Å². The van der Waals surface area contributed by atoms with Crippen LogP contribution in [0.3, 0.4) is 0 Å². The van der Waals surface area contributed by atoms with Crippen LogP contribution in [0.25, 0.3) is 0 Å². The van der Waals surface area contributed by atoms with E-state index >= 15 is 0 Å². The fourth-order valence-electron chi connectivity index (χ4n) is 0.874. The molecule has 1 heteroatoms. The summed E-state index contributed by atoms with van der Waals surface area (Å²) in [6, 6.07) is 12.0. The smallest absolute Gasteiger partial charge is 0.0876 e. The van der Waals surface area contributed by atoms with Crippen molar-refractivity contribution < 1.29 is 4.74 Å². The van der Waals surface area contributed by atoms with Crippen LogP contribution in [0.1, 0.15) is 12.8 Å². The monoisotopic (exact) mass is 162 g/mol. The molecule has 64 valence electrons. The minimum atomic E-state index is 0.913. The summed E-state index contributed by atoms with van der Waals surface area (Å²) in [5.74, 6) is 0. The minimum Gasteiger partial charge on any atom is -0.502 e. The van der Waals surface area contributed by atoms with E-state index in [1.807, 2.05) is 42.5 Å². The van der Waals surface area contributed by atoms with Crippen molar-refractivity contribution in [3.05, 3.63) is 48.7 Å². The predicted octanol–water partition coefficient (Wildman–Crippen LogP) is 3.00. The first kappa shape index (κ1) is 8.85. The number of rotatable bonds is 0. The lowest BCUT2D eigenvalue weighted by Gasteiger charge is -2.01. The normalized spacial score (nSPS) is 14.0. The van der Waals surface area contributed by atoms with E-state index in [0.29, 0.717) is 0 Å². The number of allylic oxidation sites excluding steroid dienone is 1. The number of hydrogen-bond donors (Lipinski definition) is 0. The lowest BCUT2D eigenvalue weighted by atomic mass is 10.3. The molecule has 1 heterocycles. The molecule has 0 N–H and O–H groups in total. The summed E-state index contributed by atoms with van der Waals surface area (Å²) < 4.78 is 4.89. The van der Waals surface area contributed by atoms with E-state index in [1.54, 1.807) is 6.26 Å². The highest BCUT2D eigenvalue weighted by Gasteiger charge is 1.86. The van der Waals surface area contributed by atoms with Gasteiger partial charge in [-0.25, -0.2) is 0 Å². The summed E-state index contributed by atoms with van der Waals surface area (Å²) in [4.78, 5) is 0. The van der Waals surface area contributed by atoms with Crippen LogP contribution in [0.2, 0.25) is 0 Å². The second-order valence-corrected chi connectivity index (χ2v) is 2.54. The van der Waals surface area contributed by atoms with Crippen molar-refractivity contribution in [3.8, 4) is 0 Å². The highest BCUT2D eigenvalue weighted by atomic mass is 16.5. The van der Waals surface area contributed by atoms with Crippen molar-refractivity contribution in [1.82, 2.24) is 0 Å². The zero-order valence-corrected chi connectivity index (χ0v) is 7.15. The summed E-state index contributed by atoms with van der Waals surface area (Å²) in [5.41, 5.74) is 0. The molecule has 12 heavy (non-hydrogen) atoms. The van der Waals surface area contributed by atoms with Gasteiger partial charge in [0.05, 0.1) is 12.9 Å². The molecule has 0 unspecified atom stereocenters. The first-order valence-electron chi connectivity index (χ1n) is 4.27. The summed E-state index contributed by atoms with van der Waals surface area (Å²) in [7, 11) is 0. The second kappa shape index (κ2) is 6.47. The zero-order valence-electron chi connectivity index (χ0n) is 7.15. The van der Waals surface area contributed by atoms with Gasteiger partial charge in [-0.05, 0) is 18.9 Å². The largest absolute Gasteiger partial charge is 0.502 e. The van der Waals surface area contributed by atoms with Crippen molar-refractivity contribution in [1.29, 1.82) is 0 Å². The maximum atomic E-state index is 4.89. The molecule has 2 rings (SSSR count). The third-order valence-electron chi connectivity index (χ3n) is 1.49. The van der Waals surface area contributed by atoms with Gasteiger partial charge in [0.2, 0.25) is 0 Å². The Labute approximate surface area is 73.7 Å². The predicted molar refractivity (Wildman–Crippen MR) is 50.8 cm³/mol. The fourth-order valence-corrected chi connectivity index (χ4v) is 0.874. The van der Waals surface area contributed by atoms with Crippen LogP contribution in [0.4, 0.5) is 0 Å². The Morgan fingerprint density at radius 1 is 0.833 bits per heavy atom. The third kappa shape index (κ3) is 4.56. The quantitative estimate of drug-likeness (QED) is 0.569. The molecule has 0 spiro atoms. The summed E-state index contributed by atoms with van der Waals surface area (Å²) in [6.45, 7) is 0.913. The molecule has 0 radical (unpaired) electrons. The summed E-state index contributed by atoms with van der Waals surface area (Å²) in [5, 5.41) is 0. The van der Waals surface area contributed by atoms with Gasteiger partial charge in [0.1, 0.15) is 0 Å². The molecule has 0 saturated heterocycles. The van der Waals surface area contributed by atoms with Crippen LogP contribution in [0.5, 0.6) is 0 Å². The molecule has 0 atom stereocenters. The summed E-state index contributed by atoms with van der Waals surface area (Å²) in [6.07, 6.45) is 6.20. The summed E-state index contributed by atoms with van der Waals surface area (Å²) >= 11 is 0. The van der Waals surface area contributed by atoms with E-state index in [-0.39, 0.29) is 0 Å². The van der Waals surface area contributed by atoms with E-state index < -0.39 is 0 Å². The van der Waals surface area contributed by atoms with Crippen LogP contribution in [-0.4, -0.2) is 6.61 Å². The second-order valence-electron chi connectivity index (χ2n) is 2.54. The molecular formula is C11H14O. The van der Waals surface area contributed by atoms with E-state index in [4.69, 9.17) is 4.74 Å². The van der Waals surface area contributed by atoms with E-state index in [2.05, 4.69) is 0 Å². The van der Waals surface area contributed by atoms with Gasteiger partial charge in [-0.3, -0.25) is 0 Å². The fraction of sp³-hybridized carbons (Fsp3) is 0.273. The SMILES string of the molecule is C1=COCCC1.c1ccccc1. The average molecular weight is 162 g/mol. The first-order chi connectivity index (χ1) is 6.00. The average Bonchev–Trinajstić information content (AvgIpc) is 2.24. The van der Waals surface area contributed by atoms with Gasteiger partial charge in [0.15, 0.2) is 0 Å². The molecule has 1 nitrogen and oxygen atoms in total. The maximum absolute atomic E-state index is 4.89. The Morgan fingerprint density at radius 2 is 1.42 bits per heavy atom. The van der Waals surface area contributed by atoms with E-state index in [1.165, 1.54) is 12.8 Å². The van der Waals surface area contributed by atoms with Crippen molar-refractivity contribution in [2.45, 2.75) is 12.8 Å². The molecule has 1 aromatic carbocycles. The Bertz CT molecular complexity index is 169. The van der Waals surface area contributed by atoms with Crippen LogP contribution < -0.4 is 0 Å². The van der Waals surface area contributed by atoms with Crippen LogP contribution in [0, 0.1) is 0 Å². The molecule has 0 amide bonds. The van der Waals surface area contributed by atoms with Crippen molar-refractivity contribution >= 4 is 0 Å². The molecule has 1 aromatic rings. The Balaban J connectivity index is 0.000000120. The topological polar surface area (TPSA) is 9.23 Å². The highest BCUT2D eigenvalue weighted by molar-refractivity contribution is 4.99. The van der Waals surface area contributed by atoms with Crippen molar-refractivity contribution in [2.24, 2.45) is 0 Å². The lowest BCUT2D eigenvalue weighted by molar-refractivity contribution is 0.231. The number of benzene rings is 1. The van der Waals surface area contributed by atoms with Crippen LogP contribution in [-0.2, 0) is 4.74 Å². The van der Waals surface area contributed by atoms with Gasteiger partial charge in [0.25, 0.3) is 0 Å². The number of hydrogen-bond acceptors (Lipinski definition) is 1. The maximum Gasteiger partial charge on any atom is 0.0876 e. The van der Waals surface area contributed by atoms with Gasteiger partial charge in [0, 0.05) is 0 Å². The van der Waals surface area contributed by atoms with Gasteiger partial charge in [-0.15, -0.1) is 0 Å². The molecule has 1 aliphatic rings. The molecule has 0 aliphatic carbocycles. The van der Waals surface area contributed by atoms with E-state index in [0.717, 1.165) is 6.61 Å². The van der Waals surface area contributed by atoms with Crippen LogP contribution in [0.15, 0.2) is 48.7 Å². The molecular weight excluding hydrogens is 148 g/mol. The zero-order chi connectivity index (χ0) is 8.49. The lowest BCUT2D eigenvalue weighted by Crippen LogP contribution is -1.90. The molecule has 0 bridgehead atoms. The van der Waals surface area contributed by atoms with Crippen LogP contribution >= 0.6 is 0 Å². The first-order valence-corrected chi connectivity index (χ1v) is 4.27. The molecule has 0 saturated carbocycles. The van der Waals surface area contributed by atoms with Crippen molar-refractivity contribution in [2.75, 3.05) is 6.61 Å². The Morgan fingerprint density at radius 3 is 1.58 bits per heavy atom. The third-order valence-corrected chi connectivity index (χ3v) is 1.49. The Kier molecular flexibility index (Phi) is 4.77. The van der Waals surface area contributed by atoms with Crippen molar-refractivity contribution in [3.63, 3.8) is 0 Å². The molecule has 0 fully saturated rings. The number of ether oxygens (including phenoxy) is 1. The Hall–Kier alpha value is -1.24. The minimum absolute atomic E-state index is 0.913.